The first-order valence-electron chi connectivity index (χ1n) is 14.3. The number of imide groups is 2. The third-order valence-electron chi connectivity index (χ3n) is 7.58. The number of benzene rings is 1. The smallest absolute Gasteiger partial charge is 0.352 e. The number of nitrogens with zero attached hydrogens (tertiary/aromatic N) is 4. The molecule has 5 heterocycles. The number of alkyl halides is 3. The van der Waals surface area contributed by atoms with Gasteiger partial charge < -0.3 is 10.6 Å². The van der Waals surface area contributed by atoms with Gasteiger partial charge in [0.05, 0.1) is 21.7 Å². The molecule has 1 aromatic carbocycles. The summed E-state index contributed by atoms with van der Waals surface area (Å²) in [6, 6.07) is 9.28. The number of amides is 6. The highest BCUT2D eigenvalue weighted by Crippen LogP contribution is 2.35. The highest BCUT2D eigenvalue weighted by atomic mass is 35.5. The number of rotatable bonds is 10. The number of hydrogen-bond donors (Lipinski definition) is 3. The van der Waals surface area contributed by atoms with Crippen molar-refractivity contribution in [3.8, 4) is 10.6 Å². The maximum atomic E-state index is 14.2. The minimum atomic E-state index is -3.77. The summed E-state index contributed by atoms with van der Waals surface area (Å²) in [4.78, 5) is 80.6. The van der Waals surface area contributed by atoms with Crippen molar-refractivity contribution in [2.24, 2.45) is 0 Å². The van der Waals surface area contributed by atoms with Crippen molar-refractivity contribution >= 4 is 64.0 Å². The number of thiophene rings is 1. The third-order valence-corrected chi connectivity index (χ3v) is 8.67. The molecule has 6 rings (SSSR count). The Kier molecular flexibility index (Phi) is 8.55. The molecule has 1 unspecified atom stereocenters. The molecule has 0 radical (unpaired) electrons. The lowest BCUT2D eigenvalue weighted by atomic mass is 10.0. The van der Waals surface area contributed by atoms with Gasteiger partial charge in [-0.3, -0.25) is 39.0 Å². The summed E-state index contributed by atoms with van der Waals surface area (Å²) in [6.07, 6.45) is 0.331. The Labute approximate surface area is 273 Å². The number of nitrogens with one attached hydrogen (secondary N) is 3. The molecular formula is C30H24ClF2N7O6S. The lowest BCUT2D eigenvalue weighted by Gasteiger charge is -2.27. The summed E-state index contributed by atoms with van der Waals surface area (Å²) in [5, 5.41) is 9.42. The van der Waals surface area contributed by atoms with E-state index in [1.54, 1.807) is 23.6 Å². The highest BCUT2D eigenvalue weighted by molar-refractivity contribution is 7.13. The lowest BCUT2D eigenvalue weighted by Crippen LogP contribution is -2.54. The molecule has 2 aliphatic rings. The van der Waals surface area contributed by atoms with Crippen molar-refractivity contribution in [2.75, 3.05) is 6.54 Å². The first kappa shape index (κ1) is 31.9. The van der Waals surface area contributed by atoms with Crippen molar-refractivity contribution in [3.05, 3.63) is 75.9 Å². The van der Waals surface area contributed by atoms with Crippen LogP contribution in [0.2, 0.25) is 0 Å². The molecule has 3 aromatic heterocycles. The molecule has 0 aliphatic carbocycles. The van der Waals surface area contributed by atoms with Crippen LogP contribution in [-0.2, 0) is 26.3 Å². The number of fused-ring (bicyclic) bond motifs is 2. The predicted molar refractivity (Wildman–Crippen MR) is 163 cm³/mol. The number of hydrogen-bond acceptors (Lipinski definition) is 9. The van der Waals surface area contributed by atoms with Crippen LogP contribution in [0.4, 0.5) is 8.78 Å². The molecule has 13 nitrogen and oxygen atoms in total. The van der Waals surface area contributed by atoms with E-state index in [-0.39, 0.29) is 72.8 Å². The Morgan fingerprint density at radius 3 is 2.57 bits per heavy atom. The van der Waals surface area contributed by atoms with Crippen LogP contribution in [0.5, 0.6) is 0 Å². The molecule has 3 N–H and O–H groups in total. The van der Waals surface area contributed by atoms with Crippen LogP contribution in [0.25, 0.3) is 16.2 Å². The average Bonchev–Trinajstić information content (AvgIpc) is 3.77. The molecule has 0 spiro atoms. The normalized spacial score (nSPS) is 16.4. The first-order valence-corrected chi connectivity index (χ1v) is 15.6. The van der Waals surface area contributed by atoms with Gasteiger partial charge in [-0.25, -0.2) is 9.50 Å². The van der Waals surface area contributed by atoms with Crippen LogP contribution in [0.3, 0.4) is 0 Å². The van der Waals surface area contributed by atoms with Crippen LogP contribution in [-0.4, -0.2) is 67.5 Å². The van der Waals surface area contributed by atoms with E-state index in [1.807, 2.05) is 0 Å². The molecule has 1 saturated heterocycles. The van der Waals surface area contributed by atoms with Gasteiger partial charge in [-0.1, -0.05) is 12.1 Å². The second kappa shape index (κ2) is 12.6. The number of aromatic nitrogens is 3. The molecule has 4 aromatic rings. The zero-order chi connectivity index (χ0) is 33.5. The molecule has 1 atom stereocenters. The number of carbonyl (C=O) groups is 6. The number of carbonyl (C=O) groups excluding carboxylic acids is 6. The van der Waals surface area contributed by atoms with Crippen molar-refractivity contribution < 1.29 is 37.5 Å². The van der Waals surface area contributed by atoms with Crippen molar-refractivity contribution in [1.82, 2.24) is 35.4 Å². The molecular weight excluding hydrogens is 660 g/mol. The third kappa shape index (κ3) is 6.46. The number of halogens is 3. The Morgan fingerprint density at radius 2 is 1.85 bits per heavy atom. The topological polar surface area (TPSA) is 172 Å². The van der Waals surface area contributed by atoms with E-state index in [9.17, 15) is 37.5 Å². The van der Waals surface area contributed by atoms with Crippen LogP contribution in [0, 0.1) is 0 Å². The van der Waals surface area contributed by atoms with E-state index in [0.29, 0.717) is 10.4 Å². The van der Waals surface area contributed by atoms with Crippen LogP contribution < -0.4 is 16.0 Å². The molecule has 0 saturated carbocycles. The van der Waals surface area contributed by atoms with Crippen LogP contribution in [0.1, 0.15) is 68.1 Å². The zero-order valence-corrected chi connectivity index (χ0v) is 25.8. The van der Waals surface area contributed by atoms with Gasteiger partial charge in [-0.2, -0.15) is 13.9 Å². The van der Waals surface area contributed by atoms with Gasteiger partial charge in [0.15, 0.2) is 11.3 Å². The van der Waals surface area contributed by atoms with Gasteiger partial charge in [0, 0.05) is 32.0 Å². The SMILES string of the molecule is O=C(CCCNC(=O)c1cc2nc(-c3cccs3)cc(C(F)(F)Cl)n2n1)NCc1ccc2c(c1)C(=O)N(C1CCC(=O)NC1=O)C2=O. The second-order valence-corrected chi connectivity index (χ2v) is 12.2. The molecule has 47 heavy (non-hydrogen) atoms. The van der Waals surface area contributed by atoms with Gasteiger partial charge in [0.25, 0.3) is 17.7 Å². The molecule has 6 amide bonds. The fraction of sp³-hybridized carbons (Fsp3) is 0.267. The van der Waals surface area contributed by atoms with E-state index >= 15 is 0 Å². The van der Waals surface area contributed by atoms with E-state index in [4.69, 9.17) is 11.6 Å². The van der Waals surface area contributed by atoms with Gasteiger partial charge in [0.2, 0.25) is 17.7 Å². The van der Waals surface area contributed by atoms with E-state index < -0.39 is 46.7 Å². The summed E-state index contributed by atoms with van der Waals surface area (Å²) < 4.78 is 29.2. The standard InChI is InChI=1S/C30H24ClF2N7O6S/c31-30(32,33)22-12-18(21-3-2-10-47-21)36-23-13-19(38-40(22)23)26(43)34-9-1-4-24(41)35-14-15-5-6-16-17(11-15)29(46)39(28(16)45)20-7-8-25(42)37-27(20)44/h2-3,5-6,10-13,20H,1,4,7-9,14H2,(H,34,43)(H,35,41)(H,37,42,44). The Balaban J connectivity index is 1.01. The van der Waals surface area contributed by atoms with E-state index in [2.05, 4.69) is 26.0 Å². The van der Waals surface area contributed by atoms with Crippen LogP contribution in [0.15, 0.2) is 47.8 Å². The van der Waals surface area contributed by atoms with Gasteiger partial charge in [-0.05, 0) is 59.7 Å². The Morgan fingerprint density at radius 1 is 1.06 bits per heavy atom. The van der Waals surface area contributed by atoms with Gasteiger partial charge in [-0.15, -0.1) is 11.3 Å². The van der Waals surface area contributed by atoms with Gasteiger partial charge >= 0.3 is 5.38 Å². The maximum Gasteiger partial charge on any atom is 0.364 e. The molecule has 17 heteroatoms. The van der Waals surface area contributed by atoms with E-state index in [0.717, 1.165) is 15.5 Å². The molecule has 2 aliphatic heterocycles. The average molecular weight is 684 g/mol. The summed E-state index contributed by atoms with van der Waals surface area (Å²) in [5.41, 5.74) is 0.235. The van der Waals surface area contributed by atoms with Crippen molar-refractivity contribution in [2.45, 2.75) is 43.7 Å². The Bertz CT molecular complexity index is 1960. The maximum absolute atomic E-state index is 14.2. The summed E-state index contributed by atoms with van der Waals surface area (Å²) in [5.74, 6) is -3.45. The Hall–Kier alpha value is -5.09. The van der Waals surface area contributed by atoms with Crippen LogP contribution >= 0.6 is 22.9 Å². The quantitative estimate of drug-likeness (QED) is 0.130. The predicted octanol–water partition coefficient (Wildman–Crippen LogP) is 2.97. The zero-order valence-electron chi connectivity index (χ0n) is 24.2. The monoisotopic (exact) mass is 683 g/mol. The fourth-order valence-corrected chi connectivity index (χ4v) is 6.12. The number of piperidine rings is 1. The summed E-state index contributed by atoms with van der Waals surface area (Å²) >= 11 is 6.63. The van der Waals surface area contributed by atoms with E-state index in [1.165, 1.54) is 29.5 Å². The minimum absolute atomic E-state index is 0.0107. The second-order valence-electron chi connectivity index (χ2n) is 10.8. The summed E-state index contributed by atoms with van der Waals surface area (Å²) in [7, 11) is 0. The summed E-state index contributed by atoms with van der Waals surface area (Å²) in [6.45, 7) is 0.131. The van der Waals surface area contributed by atoms with Gasteiger partial charge in [0.1, 0.15) is 11.7 Å². The van der Waals surface area contributed by atoms with Crippen molar-refractivity contribution in [3.63, 3.8) is 0 Å². The minimum Gasteiger partial charge on any atom is -0.352 e. The largest absolute Gasteiger partial charge is 0.364 e. The fourth-order valence-electron chi connectivity index (χ4n) is 5.30. The molecule has 0 bridgehead atoms. The lowest BCUT2D eigenvalue weighted by molar-refractivity contribution is -0.136. The highest BCUT2D eigenvalue weighted by Gasteiger charge is 2.44. The molecule has 1 fully saturated rings. The van der Waals surface area contributed by atoms with Crippen molar-refractivity contribution in [1.29, 1.82) is 0 Å². The first-order chi connectivity index (χ1) is 22.4. The molecule has 242 valence electrons.